The van der Waals surface area contributed by atoms with E-state index in [0.29, 0.717) is 5.92 Å². The van der Waals surface area contributed by atoms with E-state index in [4.69, 9.17) is 6.42 Å². The zero-order valence-corrected chi connectivity index (χ0v) is 9.16. The van der Waals surface area contributed by atoms with Crippen LogP contribution in [-0.4, -0.2) is 13.1 Å². The van der Waals surface area contributed by atoms with Gasteiger partial charge in [0, 0.05) is 5.92 Å². The van der Waals surface area contributed by atoms with Gasteiger partial charge in [-0.2, -0.15) is 0 Å². The predicted octanol–water partition coefficient (Wildman–Crippen LogP) is 2.33. The second kappa shape index (κ2) is 4.51. The zero-order valence-electron chi connectivity index (χ0n) is 9.16. The van der Waals surface area contributed by atoms with Crippen molar-refractivity contribution < 1.29 is 0 Å². The normalized spacial score (nSPS) is 21.5. The molecule has 0 aliphatic heterocycles. The Balaban J connectivity index is 2.34. The smallest absolute Gasteiger partial charge is 0.0754 e. The Labute approximate surface area is 91.9 Å². The third kappa shape index (κ3) is 1.91. The highest BCUT2D eigenvalue weighted by Gasteiger charge is 2.25. The molecule has 0 saturated carbocycles. The fourth-order valence-electron chi connectivity index (χ4n) is 2.54. The highest BCUT2D eigenvalue weighted by molar-refractivity contribution is 5.35. The molecule has 0 spiro atoms. The molecule has 0 heterocycles. The largest absolute Gasteiger partial charge is 0.306 e. The molecule has 0 fully saturated rings. The molecule has 1 N–H and O–H groups in total. The minimum absolute atomic E-state index is 0.173. The van der Waals surface area contributed by atoms with Crippen LogP contribution in [0.4, 0.5) is 0 Å². The second-order valence-corrected chi connectivity index (χ2v) is 4.13. The summed E-state index contributed by atoms with van der Waals surface area (Å²) in [5.74, 6) is 3.34. The fourth-order valence-corrected chi connectivity index (χ4v) is 2.54. The molecular formula is C14H17N. The topological polar surface area (TPSA) is 12.0 Å². The number of fused-ring (bicyclic) bond motifs is 1. The maximum Gasteiger partial charge on any atom is 0.0754 e. The maximum absolute atomic E-state index is 5.56. The summed E-state index contributed by atoms with van der Waals surface area (Å²) in [6, 6.07) is 8.85. The molecule has 2 atom stereocenters. The molecule has 78 valence electrons. The van der Waals surface area contributed by atoms with E-state index in [0.717, 1.165) is 0 Å². The molecular weight excluding hydrogens is 182 g/mol. The Morgan fingerprint density at radius 1 is 1.47 bits per heavy atom. The monoisotopic (exact) mass is 199 g/mol. The third-order valence-electron chi connectivity index (χ3n) is 3.31. The van der Waals surface area contributed by atoms with E-state index < -0.39 is 0 Å². The van der Waals surface area contributed by atoms with Crippen molar-refractivity contribution in [3.8, 4) is 12.3 Å². The molecule has 1 heteroatoms. The van der Waals surface area contributed by atoms with Crippen LogP contribution in [0.2, 0.25) is 0 Å². The second-order valence-electron chi connectivity index (χ2n) is 4.13. The summed E-state index contributed by atoms with van der Waals surface area (Å²) in [4.78, 5) is 0. The first-order valence-corrected chi connectivity index (χ1v) is 5.58. The van der Waals surface area contributed by atoms with Gasteiger partial charge >= 0.3 is 0 Å². The first-order chi connectivity index (χ1) is 7.36. The van der Waals surface area contributed by atoms with Crippen molar-refractivity contribution in [1.82, 2.24) is 5.32 Å². The number of hydrogen-bond donors (Lipinski definition) is 1. The molecule has 2 unspecified atom stereocenters. The van der Waals surface area contributed by atoms with Crippen LogP contribution < -0.4 is 5.32 Å². The van der Waals surface area contributed by atoms with Gasteiger partial charge < -0.3 is 5.32 Å². The van der Waals surface area contributed by atoms with Crippen LogP contribution in [0.1, 0.15) is 29.9 Å². The first-order valence-electron chi connectivity index (χ1n) is 5.58. The Kier molecular flexibility index (Phi) is 3.08. The van der Waals surface area contributed by atoms with Crippen molar-refractivity contribution >= 4 is 0 Å². The van der Waals surface area contributed by atoms with Crippen molar-refractivity contribution in [2.75, 3.05) is 7.05 Å². The van der Waals surface area contributed by atoms with Gasteiger partial charge in [0.1, 0.15) is 0 Å². The summed E-state index contributed by atoms with van der Waals surface area (Å²) in [6.45, 7) is 0. The van der Waals surface area contributed by atoms with Gasteiger partial charge in [-0.25, -0.2) is 0 Å². The number of nitrogens with one attached hydrogen (secondary N) is 1. The van der Waals surface area contributed by atoms with Gasteiger partial charge in [0.25, 0.3) is 0 Å². The summed E-state index contributed by atoms with van der Waals surface area (Å²) in [5, 5.41) is 3.23. The molecule has 1 aromatic rings. The summed E-state index contributed by atoms with van der Waals surface area (Å²) in [6.07, 6.45) is 9.21. The lowest BCUT2D eigenvalue weighted by atomic mass is 9.79. The predicted molar refractivity (Wildman–Crippen MR) is 63.8 cm³/mol. The van der Waals surface area contributed by atoms with Gasteiger partial charge in [-0.05, 0) is 37.4 Å². The molecule has 1 aliphatic carbocycles. The fraction of sp³-hybridized carbons (Fsp3) is 0.429. The van der Waals surface area contributed by atoms with Crippen LogP contribution in [0.3, 0.4) is 0 Å². The number of terminal acetylenes is 1. The molecule has 0 saturated heterocycles. The van der Waals surface area contributed by atoms with Crippen molar-refractivity contribution in [1.29, 1.82) is 0 Å². The number of benzene rings is 1. The molecule has 1 aliphatic rings. The molecule has 1 nitrogen and oxygen atoms in total. The van der Waals surface area contributed by atoms with Crippen molar-refractivity contribution in [2.24, 2.45) is 0 Å². The lowest BCUT2D eigenvalue weighted by Crippen LogP contribution is -2.32. The third-order valence-corrected chi connectivity index (χ3v) is 3.31. The van der Waals surface area contributed by atoms with Crippen LogP contribution in [0.5, 0.6) is 0 Å². The van der Waals surface area contributed by atoms with Gasteiger partial charge in [-0.15, -0.1) is 6.42 Å². The lowest BCUT2D eigenvalue weighted by molar-refractivity contribution is 0.476. The van der Waals surface area contributed by atoms with Crippen LogP contribution in [0, 0.1) is 12.3 Å². The van der Waals surface area contributed by atoms with E-state index in [1.54, 1.807) is 0 Å². The van der Waals surface area contributed by atoms with Crippen molar-refractivity contribution in [3.63, 3.8) is 0 Å². The van der Waals surface area contributed by atoms with Gasteiger partial charge in [0.15, 0.2) is 0 Å². The van der Waals surface area contributed by atoms with Crippen molar-refractivity contribution in [2.45, 2.75) is 31.2 Å². The van der Waals surface area contributed by atoms with E-state index in [9.17, 15) is 0 Å². The first kappa shape index (κ1) is 10.3. The van der Waals surface area contributed by atoms with Gasteiger partial charge in [-0.3, -0.25) is 0 Å². The number of rotatable bonds is 2. The zero-order chi connectivity index (χ0) is 10.7. The molecule has 2 rings (SSSR count). The standard InChI is InChI=1S/C14H17N/c1-3-14(15-2)13-10-6-8-11-7-4-5-9-12(11)13/h1,4-5,7,9,13-15H,6,8,10H2,2H3. The summed E-state index contributed by atoms with van der Waals surface area (Å²) in [5.41, 5.74) is 2.92. The van der Waals surface area contributed by atoms with E-state index in [1.807, 2.05) is 7.05 Å². The average Bonchev–Trinajstić information content (AvgIpc) is 2.31. The molecule has 15 heavy (non-hydrogen) atoms. The molecule has 0 aromatic heterocycles. The Bertz CT molecular complexity index is 375. The molecule has 0 bridgehead atoms. The number of likely N-dealkylation sites (N-methyl/N-ethyl adjacent to an activating group) is 1. The number of aryl methyl sites for hydroxylation is 1. The quantitative estimate of drug-likeness (QED) is 0.721. The highest BCUT2D eigenvalue weighted by Crippen LogP contribution is 2.33. The minimum atomic E-state index is 0.173. The van der Waals surface area contributed by atoms with Crippen molar-refractivity contribution in [3.05, 3.63) is 35.4 Å². The molecule has 1 aromatic carbocycles. The van der Waals surface area contributed by atoms with Crippen LogP contribution >= 0.6 is 0 Å². The van der Waals surface area contributed by atoms with Gasteiger partial charge in [-0.1, -0.05) is 30.2 Å². The summed E-state index contributed by atoms with van der Waals surface area (Å²) < 4.78 is 0. The van der Waals surface area contributed by atoms with E-state index in [2.05, 4.69) is 35.5 Å². The SMILES string of the molecule is C#CC(NC)C1CCCc2ccccc21. The molecule has 0 radical (unpaired) electrons. The van der Waals surface area contributed by atoms with Gasteiger partial charge in [0.05, 0.1) is 6.04 Å². The van der Waals surface area contributed by atoms with Crippen LogP contribution in [0.25, 0.3) is 0 Å². The minimum Gasteiger partial charge on any atom is -0.306 e. The van der Waals surface area contributed by atoms with E-state index in [1.165, 1.54) is 30.4 Å². The summed E-state index contributed by atoms with van der Waals surface area (Å²) >= 11 is 0. The highest BCUT2D eigenvalue weighted by atomic mass is 14.9. The Morgan fingerprint density at radius 3 is 3.00 bits per heavy atom. The van der Waals surface area contributed by atoms with E-state index in [-0.39, 0.29) is 6.04 Å². The van der Waals surface area contributed by atoms with E-state index >= 15 is 0 Å². The number of hydrogen-bond acceptors (Lipinski definition) is 1. The Hall–Kier alpha value is -1.26. The van der Waals surface area contributed by atoms with Crippen LogP contribution in [-0.2, 0) is 6.42 Å². The summed E-state index contributed by atoms with van der Waals surface area (Å²) in [7, 11) is 1.95. The average molecular weight is 199 g/mol. The van der Waals surface area contributed by atoms with Gasteiger partial charge in [0.2, 0.25) is 0 Å². The van der Waals surface area contributed by atoms with Crippen LogP contribution in [0.15, 0.2) is 24.3 Å². The maximum atomic E-state index is 5.56. The molecule has 0 amide bonds. The Morgan fingerprint density at radius 2 is 2.27 bits per heavy atom. The lowest BCUT2D eigenvalue weighted by Gasteiger charge is -2.29.